The second-order valence-corrected chi connectivity index (χ2v) is 6.72. The number of halogens is 1. The second-order valence-electron chi connectivity index (χ2n) is 6.72. The van der Waals surface area contributed by atoms with Crippen LogP contribution in [0.4, 0.5) is 4.39 Å². The molecule has 1 aromatic carbocycles. The summed E-state index contributed by atoms with van der Waals surface area (Å²) < 4.78 is 13.0. The zero-order valence-electron chi connectivity index (χ0n) is 14.0. The Labute approximate surface area is 146 Å². The van der Waals surface area contributed by atoms with Gasteiger partial charge in [-0.3, -0.25) is 4.79 Å². The molecule has 130 valence electrons. The molecule has 6 heteroatoms. The number of carbonyl (C=O) groups is 1. The minimum Gasteiger partial charge on any atom is -0.338 e. The van der Waals surface area contributed by atoms with E-state index in [4.69, 9.17) is 4.98 Å². The van der Waals surface area contributed by atoms with Crippen LogP contribution in [0.3, 0.4) is 0 Å². The molecule has 0 aliphatic carbocycles. The summed E-state index contributed by atoms with van der Waals surface area (Å²) in [6.07, 6.45) is 5.17. The highest BCUT2D eigenvalue weighted by Crippen LogP contribution is 2.23. The smallest absolute Gasteiger partial charge is 0.227 e. The molecule has 1 saturated heterocycles. The van der Waals surface area contributed by atoms with Gasteiger partial charge < -0.3 is 10.2 Å². The first-order chi connectivity index (χ1) is 12.2. The first-order valence-corrected chi connectivity index (χ1v) is 8.79. The largest absolute Gasteiger partial charge is 0.338 e. The van der Waals surface area contributed by atoms with Crippen LogP contribution in [-0.2, 0) is 24.2 Å². The van der Waals surface area contributed by atoms with E-state index < -0.39 is 0 Å². The van der Waals surface area contributed by atoms with Crippen molar-refractivity contribution in [2.75, 3.05) is 13.1 Å². The normalized spacial score (nSPS) is 19.7. The monoisotopic (exact) mass is 340 g/mol. The highest BCUT2D eigenvalue weighted by molar-refractivity contribution is 5.79. The Hall–Kier alpha value is -2.34. The summed E-state index contributed by atoms with van der Waals surface area (Å²) in [5, 5.41) is 3.42. The van der Waals surface area contributed by atoms with E-state index in [1.807, 2.05) is 11.1 Å². The minimum absolute atomic E-state index is 0.0544. The molecule has 2 aliphatic rings. The van der Waals surface area contributed by atoms with Crippen molar-refractivity contribution in [3.05, 3.63) is 58.9 Å². The van der Waals surface area contributed by atoms with Gasteiger partial charge in [-0.2, -0.15) is 0 Å². The molecule has 2 aliphatic heterocycles. The molecule has 3 heterocycles. The average molecular weight is 340 g/mol. The Morgan fingerprint density at radius 1 is 1.32 bits per heavy atom. The van der Waals surface area contributed by atoms with E-state index >= 15 is 0 Å². The van der Waals surface area contributed by atoms with Crippen LogP contribution >= 0.6 is 0 Å². The fourth-order valence-electron chi connectivity index (χ4n) is 3.51. The summed E-state index contributed by atoms with van der Waals surface area (Å²) in [7, 11) is 0. The molecular formula is C19H21FN4O. The maximum Gasteiger partial charge on any atom is 0.227 e. The van der Waals surface area contributed by atoms with Crippen LogP contribution < -0.4 is 5.32 Å². The van der Waals surface area contributed by atoms with Crippen LogP contribution in [-0.4, -0.2) is 33.9 Å². The van der Waals surface area contributed by atoms with Crippen molar-refractivity contribution in [2.45, 2.75) is 38.3 Å². The SMILES string of the molecule is O=C(Cc1ccc(F)cc1)N1CCc2nc([C@H]3CCCN3)ncc2C1. The van der Waals surface area contributed by atoms with Crippen molar-refractivity contribution < 1.29 is 9.18 Å². The predicted octanol–water partition coefficient (Wildman–Crippen LogP) is 2.17. The molecule has 0 radical (unpaired) electrons. The van der Waals surface area contributed by atoms with Crippen molar-refractivity contribution >= 4 is 5.91 Å². The quantitative estimate of drug-likeness (QED) is 0.930. The number of fused-ring (bicyclic) bond motifs is 1. The molecule has 1 N–H and O–H groups in total. The molecule has 1 aromatic heterocycles. The lowest BCUT2D eigenvalue weighted by molar-refractivity contribution is -0.131. The van der Waals surface area contributed by atoms with Gasteiger partial charge in [0, 0.05) is 31.3 Å². The van der Waals surface area contributed by atoms with Gasteiger partial charge in [-0.05, 0) is 37.1 Å². The molecule has 1 atom stereocenters. The van der Waals surface area contributed by atoms with Gasteiger partial charge in [0.15, 0.2) is 0 Å². The number of aromatic nitrogens is 2. The van der Waals surface area contributed by atoms with Gasteiger partial charge in [-0.15, -0.1) is 0 Å². The number of carbonyl (C=O) groups excluding carboxylic acids is 1. The number of nitrogens with one attached hydrogen (secondary N) is 1. The van der Waals surface area contributed by atoms with Crippen LogP contribution in [0.1, 0.15) is 41.5 Å². The summed E-state index contributed by atoms with van der Waals surface area (Å²) in [6, 6.07) is 6.37. The Morgan fingerprint density at radius 3 is 2.92 bits per heavy atom. The van der Waals surface area contributed by atoms with E-state index in [2.05, 4.69) is 10.3 Å². The van der Waals surface area contributed by atoms with Gasteiger partial charge in [-0.25, -0.2) is 14.4 Å². The average Bonchev–Trinajstić information content (AvgIpc) is 3.17. The third-order valence-electron chi connectivity index (χ3n) is 4.95. The van der Waals surface area contributed by atoms with Crippen LogP contribution in [0.15, 0.2) is 30.5 Å². The Kier molecular flexibility index (Phi) is 4.44. The Bertz CT molecular complexity index is 771. The third-order valence-corrected chi connectivity index (χ3v) is 4.95. The lowest BCUT2D eigenvalue weighted by Gasteiger charge is -2.28. The van der Waals surface area contributed by atoms with Gasteiger partial charge in [0.1, 0.15) is 11.6 Å². The summed E-state index contributed by atoms with van der Waals surface area (Å²) in [6.45, 7) is 2.24. The van der Waals surface area contributed by atoms with E-state index in [-0.39, 0.29) is 17.8 Å². The highest BCUT2D eigenvalue weighted by Gasteiger charge is 2.25. The molecule has 4 rings (SSSR count). The molecule has 1 amide bonds. The number of rotatable bonds is 3. The predicted molar refractivity (Wildman–Crippen MR) is 91.2 cm³/mol. The second kappa shape index (κ2) is 6.88. The number of hydrogen-bond donors (Lipinski definition) is 1. The maximum absolute atomic E-state index is 13.0. The van der Waals surface area contributed by atoms with Crippen molar-refractivity contribution in [1.82, 2.24) is 20.2 Å². The molecule has 25 heavy (non-hydrogen) atoms. The number of benzene rings is 1. The van der Waals surface area contributed by atoms with Crippen molar-refractivity contribution in [1.29, 1.82) is 0 Å². The topological polar surface area (TPSA) is 58.1 Å². The lowest BCUT2D eigenvalue weighted by atomic mass is 10.0. The molecule has 5 nitrogen and oxygen atoms in total. The molecule has 0 saturated carbocycles. The molecular weight excluding hydrogens is 319 g/mol. The summed E-state index contributed by atoms with van der Waals surface area (Å²) in [4.78, 5) is 23.6. The molecule has 0 spiro atoms. The molecule has 1 fully saturated rings. The summed E-state index contributed by atoms with van der Waals surface area (Å²) >= 11 is 0. The summed E-state index contributed by atoms with van der Waals surface area (Å²) in [5.41, 5.74) is 2.92. The van der Waals surface area contributed by atoms with Gasteiger partial charge in [0.2, 0.25) is 5.91 Å². The van der Waals surface area contributed by atoms with E-state index in [1.165, 1.54) is 12.1 Å². The highest BCUT2D eigenvalue weighted by atomic mass is 19.1. The Balaban J connectivity index is 1.43. The third kappa shape index (κ3) is 3.54. The first kappa shape index (κ1) is 16.1. The molecule has 0 unspecified atom stereocenters. The van der Waals surface area contributed by atoms with Gasteiger partial charge in [0.05, 0.1) is 18.2 Å². The number of nitrogens with zero attached hydrogens (tertiary/aromatic N) is 3. The zero-order valence-corrected chi connectivity index (χ0v) is 14.0. The summed E-state index contributed by atoms with van der Waals surface area (Å²) in [5.74, 6) is 0.647. The van der Waals surface area contributed by atoms with E-state index in [1.54, 1.807) is 12.1 Å². The fraction of sp³-hybridized carbons (Fsp3) is 0.421. The van der Waals surface area contributed by atoms with Crippen LogP contribution in [0.25, 0.3) is 0 Å². The lowest BCUT2D eigenvalue weighted by Crippen LogP contribution is -2.37. The maximum atomic E-state index is 13.0. The van der Waals surface area contributed by atoms with Crippen molar-refractivity contribution in [3.8, 4) is 0 Å². The Morgan fingerprint density at radius 2 is 2.16 bits per heavy atom. The fourth-order valence-corrected chi connectivity index (χ4v) is 3.51. The standard InChI is InChI=1S/C19H21FN4O/c20-15-5-3-13(4-6-15)10-18(25)24-9-7-16-14(12-24)11-22-19(23-16)17-2-1-8-21-17/h3-6,11,17,21H,1-2,7-10,12H2/t17-/m1/s1. The van der Waals surface area contributed by atoms with Crippen LogP contribution in [0.2, 0.25) is 0 Å². The van der Waals surface area contributed by atoms with Gasteiger partial charge in [0.25, 0.3) is 0 Å². The van der Waals surface area contributed by atoms with Crippen molar-refractivity contribution in [3.63, 3.8) is 0 Å². The van der Waals surface area contributed by atoms with E-state index in [0.717, 1.165) is 48.5 Å². The zero-order chi connectivity index (χ0) is 17.2. The number of hydrogen-bond acceptors (Lipinski definition) is 4. The van der Waals surface area contributed by atoms with E-state index in [0.29, 0.717) is 19.5 Å². The minimum atomic E-state index is -0.284. The van der Waals surface area contributed by atoms with Gasteiger partial charge >= 0.3 is 0 Å². The first-order valence-electron chi connectivity index (χ1n) is 8.79. The van der Waals surface area contributed by atoms with Crippen LogP contribution in [0, 0.1) is 5.82 Å². The number of amides is 1. The molecule has 2 aromatic rings. The van der Waals surface area contributed by atoms with E-state index in [9.17, 15) is 9.18 Å². The van der Waals surface area contributed by atoms with Crippen LogP contribution in [0.5, 0.6) is 0 Å². The molecule has 0 bridgehead atoms. The van der Waals surface area contributed by atoms with Crippen molar-refractivity contribution in [2.24, 2.45) is 0 Å². The van der Waals surface area contributed by atoms with Gasteiger partial charge in [-0.1, -0.05) is 12.1 Å².